The topological polar surface area (TPSA) is 92.4 Å². The molecule has 0 radical (unpaired) electrons. The zero-order valence-electron chi connectivity index (χ0n) is 11.4. The van der Waals surface area contributed by atoms with E-state index in [1.54, 1.807) is 24.3 Å². The van der Waals surface area contributed by atoms with Crippen LogP contribution in [0.3, 0.4) is 0 Å². The molecule has 1 fully saturated rings. The van der Waals surface area contributed by atoms with Crippen molar-refractivity contribution in [2.24, 2.45) is 11.1 Å². The van der Waals surface area contributed by atoms with Crippen LogP contribution >= 0.6 is 0 Å². The van der Waals surface area contributed by atoms with E-state index in [4.69, 9.17) is 10.8 Å². The maximum Gasteiger partial charge on any atom is 0.307 e. The fraction of sp³-hybridized carbons (Fsp3) is 0.467. The maximum absolute atomic E-state index is 12.1. The number of nitrogens with two attached hydrogens (primary N) is 1. The number of rotatable bonds is 6. The molecular formula is C15H20N2O3. The molecule has 0 spiro atoms. The lowest BCUT2D eigenvalue weighted by atomic mass is 9.66. The predicted molar refractivity (Wildman–Crippen MR) is 76.4 cm³/mol. The third-order valence-corrected chi connectivity index (χ3v) is 4.02. The van der Waals surface area contributed by atoms with Gasteiger partial charge in [-0.2, -0.15) is 0 Å². The van der Waals surface area contributed by atoms with E-state index in [2.05, 4.69) is 5.32 Å². The third kappa shape index (κ3) is 3.36. The molecule has 0 saturated heterocycles. The first-order chi connectivity index (χ1) is 9.54. The standard InChI is InChI=1S/C15H20N2O3/c16-10-15(6-3-7-15)9-13(18)17-12-5-2-1-4-11(12)8-14(19)20/h1-2,4-5H,3,6-10,16H2,(H,17,18)(H,19,20). The number of hydrogen-bond donors (Lipinski definition) is 3. The maximum atomic E-state index is 12.1. The van der Waals surface area contributed by atoms with Crippen LogP contribution in [-0.4, -0.2) is 23.5 Å². The minimum atomic E-state index is -0.913. The van der Waals surface area contributed by atoms with Gasteiger partial charge >= 0.3 is 5.97 Å². The molecule has 0 aliphatic heterocycles. The number of aliphatic carboxylic acids is 1. The zero-order valence-corrected chi connectivity index (χ0v) is 11.4. The normalized spacial score (nSPS) is 16.2. The molecule has 0 atom stereocenters. The minimum absolute atomic E-state index is 0.0498. The Morgan fingerprint density at radius 2 is 2.00 bits per heavy atom. The molecule has 1 saturated carbocycles. The molecule has 0 heterocycles. The van der Waals surface area contributed by atoms with Crippen molar-refractivity contribution in [3.63, 3.8) is 0 Å². The van der Waals surface area contributed by atoms with Crippen LogP contribution in [0.15, 0.2) is 24.3 Å². The number of nitrogens with one attached hydrogen (secondary N) is 1. The third-order valence-electron chi connectivity index (χ3n) is 4.02. The summed E-state index contributed by atoms with van der Waals surface area (Å²) < 4.78 is 0. The van der Waals surface area contributed by atoms with Crippen LogP contribution in [0, 0.1) is 5.41 Å². The molecule has 1 aliphatic carbocycles. The Labute approximate surface area is 118 Å². The van der Waals surface area contributed by atoms with E-state index < -0.39 is 5.97 Å². The summed E-state index contributed by atoms with van der Waals surface area (Å²) in [5.41, 5.74) is 6.89. The SMILES string of the molecule is NCC1(CC(=O)Nc2ccccc2CC(=O)O)CCC1. The van der Waals surface area contributed by atoms with E-state index in [1.165, 1.54) is 0 Å². The second-order valence-electron chi connectivity index (χ2n) is 5.51. The second-order valence-corrected chi connectivity index (χ2v) is 5.51. The lowest BCUT2D eigenvalue weighted by Crippen LogP contribution is -2.40. The first-order valence-electron chi connectivity index (χ1n) is 6.84. The Morgan fingerprint density at radius 1 is 1.30 bits per heavy atom. The minimum Gasteiger partial charge on any atom is -0.481 e. The molecule has 0 bridgehead atoms. The van der Waals surface area contributed by atoms with Gasteiger partial charge in [0.05, 0.1) is 6.42 Å². The number of para-hydroxylation sites is 1. The highest BCUT2D eigenvalue weighted by atomic mass is 16.4. The molecule has 4 N–H and O–H groups in total. The summed E-state index contributed by atoms with van der Waals surface area (Å²) in [6, 6.07) is 6.99. The summed E-state index contributed by atoms with van der Waals surface area (Å²) >= 11 is 0. The molecule has 2 rings (SSSR count). The van der Waals surface area contributed by atoms with Gasteiger partial charge in [-0.1, -0.05) is 24.6 Å². The van der Waals surface area contributed by atoms with Gasteiger partial charge in [0, 0.05) is 12.1 Å². The Balaban J connectivity index is 2.02. The van der Waals surface area contributed by atoms with Crippen molar-refractivity contribution in [3.8, 4) is 0 Å². The Bertz CT molecular complexity index is 504. The first kappa shape index (κ1) is 14.5. The summed E-state index contributed by atoms with van der Waals surface area (Å²) in [6.45, 7) is 0.525. The summed E-state index contributed by atoms with van der Waals surface area (Å²) in [7, 11) is 0. The van der Waals surface area contributed by atoms with Gasteiger partial charge < -0.3 is 16.2 Å². The summed E-state index contributed by atoms with van der Waals surface area (Å²) in [4.78, 5) is 22.9. The van der Waals surface area contributed by atoms with Gasteiger partial charge in [0.15, 0.2) is 0 Å². The summed E-state index contributed by atoms with van der Waals surface area (Å²) in [6.07, 6.45) is 3.42. The van der Waals surface area contributed by atoms with Crippen LogP contribution in [0.4, 0.5) is 5.69 Å². The van der Waals surface area contributed by atoms with Gasteiger partial charge in [0.25, 0.3) is 0 Å². The second kappa shape index (κ2) is 6.05. The Kier molecular flexibility index (Phi) is 4.39. The zero-order chi connectivity index (χ0) is 14.6. The lowest BCUT2D eigenvalue weighted by molar-refractivity contribution is -0.136. The van der Waals surface area contributed by atoms with Crippen molar-refractivity contribution >= 4 is 17.6 Å². The van der Waals surface area contributed by atoms with Gasteiger partial charge in [0.2, 0.25) is 5.91 Å². The molecule has 1 aromatic carbocycles. The number of carboxylic acid groups (broad SMARTS) is 1. The number of carboxylic acids is 1. The van der Waals surface area contributed by atoms with Crippen LogP contribution < -0.4 is 11.1 Å². The Hall–Kier alpha value is -1.88. The van der Waals surface area contributed by atoms with Gasteiger partial charge in [-0.05, 0) is 36.4 Å². The fourth-order valence-corrected chi connectivity index (χ4v) is 2.62. The van der Waals surface area contributed by atoms with Crippen LogP contribution in [0.2, 0.25) is 0 Å². The van der Waals surface area contributed by atoms with E-state index in [0.717, 1.165) is 19.3 Å². The highest BCUT2D eigenvalue weighted by Crippen LogP contribution is 2.43. The molecule has 1 aromatic rings. The quantitative estimate of drug-likeness (QED) is 0.738. The Morgan fingerprint density at radius 3 is 2.55 bits per heavy atom. The molecular weight excluding hydrogens is 256 g/mol. The number of carbonyl (C=O) groups excluding carboxylic acids is 1. The van der Waals surface area contributed by atoms with Crippen LogP contribution in [-0.2, 0) is 16.0 Å². The summed E-state index contributed by atoms with van der Waals surface area (Å²) in [5, 5.41) is 11.7. The fourth-order valence-electron chi connectivity index (χ4n) is 2.62. The molecule has 108 valence electrons. The van der Waals surface area contributed by atoms with E-state index in [1.807, 2.05) is 0 Å². The average Bonchev–Trinajstić information content (AvgIpc) is 2.36. The number of benzene rings is 1. The number of carbonyl (C=O) groups is 2. The predicted octanol–water partition coefficient (Wildman–Crippen LogP) is 1.77. The van der Waals surface area contributed by atoms with Crippen molar-refractivity contribution in [1.82, 2.24) is 0 Å². The van der Waals surface area contributed by atoms with E-state index >= 15 is 0 Å². The highest BCUT2D eigenvalue weighted by Gasteiger charge is 2.37. The van der Waals surface area contributed by atoms with Crippen molar-refractivity contribution in [1.29, 1.82) is 0 Å². The van der Waals surface area contributed by atoms with E-state index in [-0.39, 0.29) is 17.7 Å². The van der Waals surface area contributed by atoms with Crippen molar-refractivity contribution in [2.45, 2.75) is 32.1 Å². The summed E-state index contributed by atoms with van der Waals surface area (Å²) in [5.74, 6) is -1.00. The van der Waals surface area contributed by atoms with E-state index in [9.17, 15) is 9.59 Å². The molecule has 0 unspecified atom stereocenters. The van der Waals surface area contributed by atoms with Crippen LogP contribution in [0.1, 0.15) is 31.2 Å². The largest absolute Gasteiger partial charge is 0.481 e. The lowest BCUT2D eigenvalue weighted by Gasteiger charge is -2.40. The highest BCUT2D eigenvalue weighted by molar-refractivity contribution is 5.92. The number of hydrogen-bond acceptors (Lipinski definition) is 3. The van der Waals surface area contributed by atoms with Crippen molar-refractivity contribution in [3.05, 3.63) is 29.8 Å². The van der Waals surface area contributed by atoms with Crippen molar-refractivity contribution < 1.29 is 14.7 Å². The molecule has 5 nitrogen and oxygen atoms in total. The first-order valence-corrected chi connectivity index (χ1v) is 6.84. The van der Waals surface area contributed by atoms with E-state index in [0.29, 0.717) is 24.2 Å². The van der Waals surface area contributed by atoms with Crippen LogP contribution in [0.5, 0.6) is 0 Å². The van der Waals surface area contributed by atoms with Gasteiger partial charge in [-0.25, -0.2) is 0 Å². The molecule has 1 aliphatic rings. The molecule has 0 aromatic heterocycles. The van der Waals surface area contributed by atoms with Gasteiger partial charge in [-0.3, -0.25) is 9.59 Å². The van der Waals surface area contributed by atoms with Gasteiger partial charge in [0.1, 0.15) is 0 Å². The van der Waals surface area contributed by atoms with Crippen LogP contribution in [0.25, 0.3) is 0 Å². The molecule has 5 heteroatoms. The number of anilines is 1. The van der Waals surface area contributed by atoms with Crippen molar-refractivity contribution in [2.75, 3.05) is 11.9 Å². The average molecular weight is 276 g/mol. The monoisotopic (exact) mass is 276 g/mol. The molecule has 1 amide bonds. The number of amides is 1. The molecule has 20 heavy (non-hydrogen) atoms. The smallest absolute Gasteiger partial charge is 0.307 e. The van der Waals surface area contributed by atoms with Gasteiger partial charge in [-0.15, -0.1) is 0 Å².